The van der Waals surface area contributed by atoms with Gasteiger partial charge in [0.1, 0.15) is 6.04 Å². The Morgan fingerprint density at radius 2 is 2.20 bits per heavy atom. The molecule has 0 aromatic carbocycles. The number of allylic oxidation sites excluding steroid dienone is 2. The molecule has 2 aliphatic rings. The lowest BCUT2D eigenvalue weighted by molar-refractivity contribution is -0.117. The minimum atomic E-state index is -0.417. The summed E-state index contributed by atoms with van der Waals surface area (Å²) in [5, 5.41) is 21.2. The highest BCUT2D eigenvalue weighted by atomic mass is 16.3. The fraction of sp³-hybridized carbons (Fsp3) is 0.364. The van der Waals surface area contributed by atoms with Crippen LogP contribution in [0.25, 0.3) is 0 Å². The van der Waals surface area contributed by atoms with Crippen molar-refractivity contribution >= 4 is 5.78 Å². The van der Waals surface area contributed by atoms with Crippen LogP contribution in [0.2, 0.25) is 0 Å². The number of hydrogen-bond donors (Lipinski definition) is 3. The number of ketones is 1. The third kappa shape index (κ3) is 1.62. The van der Waals surface area contributed by atoms with Crippen LogP contribution >= 0.6 is 0 Å². The summed E-state index contributed by atoms with van der Waals surface area (Å²) in [5.74, 6) is -0.287. The first-order valence-corrected chi connectivity index (χ1v) is 4.87. The van der Waals surface area contributed by atoms with Gasteiger partial charge in [0.25, 0.3) is 0 Å². The molecule has 0 bridgehead atoms. The molecule has 0 saturated carbocycles. The van der Waals surface area contributed by atoms with Crippen molar-refractivity contribution in [2.24, 2.45) is 5.92 Å². The Bertz CT molecular complexity index is 368. The molecule has 0 spiro atoms. The van der Waals surface area contributed by atoms with Crippen LogP contribution in [0.3, 0.4) is 0 Å². The van der Waals surface area contributed by atoms with Crippen LogP contribution in [0.5, 0.6) is 0 Å². The van der Waals surface area contributed by atoms with E-state index >= 15 is 0 Å². The maximum absolute atomic E-state index is 11.8. The Balaban J connectivity index is 2.40. The molecule has 4 heteroatoms. The average Bonchev–Trinajstić information content (AvgIpc) is 2.30. The van der Waals surface area contributed by atoms with Gasteiger partial charge in [-0.1, -0.05) is 12.2 Å². The maximum atomic E-state index is 11.8. The zero-order chi connectivity index (χ0) is 10.8. The Morgan fingerprint density at radius 1 is 1.40 bits per heavy atom. The lowest BCUT2D eigenvalue weighted by atomic mass is 9.80. The second-order valence-electron chi connectivity index (χ2n) is 3.63. The Labute approximate surface area is 87.6 Å². The van der Waals surface area contributed by atoms with E-state index in [0.717, 1.165) is 5.57 Å². The topological polar surface area (TPSA) is 69.6 Å². The lowest BCUT2D eigenvalue weighted by Gasteiger charge is -2.31. The summed E-state index contributed by atoms with van der Waals surface area (Å²) in [6.07, 6.45) is 6.98. The van der Waals surface area contributed by atoms with Crippen LogP contribution in [0, 0.1) is 5.92 Å². The van der Waals surface area contributed by atoms with Gasteiger partial charge in [-0.25, -0.2) is 0 Å². The summed E-state index contributed by atoms with van der Waals surface area (Å²) < 4.78 is 0. The number of carbonyl (C=O) groups is 1. The number of aliphatic hydroxyl groups excluding tert-OH is 2. The molecule has 0 fully saturated rings. The van der Waals surface area contributed by atoms with Gasteiger partial charge < -0.3 is 15.5 Å². The van der Waals surface area contributed by atoms with E-state index < -0.39 is 6.04 Å². The Kier molecular flexibility index (Phi) is 2.70. The summed E-state index contributed by atoms with van der Waals surface area (Å²) in [6.45, 7) is -0.320. The van der Waals surface area contributed by atoms with Crippen molar-refractivity contribution in [1.29, 1.82) is 0 Å². The molecule has 2 rings (SSSR count). The number of nitrogens with one attached hydrogen (secondary N) is 1. The quantitative estimate of drug-likeness (QED) is 0.571. The fourth-order valence-electron chi connectivity index (χ4n) is 1.96. The molecule has 2 unspecified atom stereocenters. The number of carbonyl (C=O) groups excluding carboxylic acids is 1. The normalized spacial score (nSPS) is 29.1. The van der Waals surface area contributed by atoms with Crippen LogP contribution in [0.15, 0.2) is 35.6 Å². The molecule has 4 nitrogen and oxygen atoms in total. The second kappa shape index (κ2) is 4.00. The standard InChI is InChI=1S/C11H13NO3/c13-5-7-4-8(6-14)11(15)10-9(7)2-1-3-12-10/h1-4,7,10,12-14H,5-6H2. The van der Waals surface area contributed by atoms with Gasteiger partial charge in [-0.2, -0.15) is 0 Å². The number of fused-ring (bicyclic) bond motifs is 1. The molecule has 0 amide bonds. The Morgan fingerprint density at radius 3 is 2.87 bits per heavy atom. The van der Waals surface area contributed by atoms with Gasteiger partial charge in [-0.05, 0) is 17.8 Å². The van der Waals surface area contributed by atoms with E-state index in [1.165, 1.54) is 0 Å². The molecule has 1 aliphatic heterocycles. The number of hydrogen-bond acceptors (Lipinski definition) is 4. The van der Waals surface area contributed by atoms with E-state index in [4.69, 9.17) is 5.11 Å². The van der Waals surface area contributed by atoms with Crippen LogP contribution in [-0.4, -0.2) is 35.3 Å². The predicted octanol–water partition coefficient (Wildman–Crippen LogP) is -0.492. The van der Waals surface area contributed by atoms with E-state index in [1.807, 2.05) is 6.08 Å². The SMILES string of the molecule is O=C1C(CO)=CC(CO)C2=CC=CNC12. The molecule has 2 atom stereocenters. The number of Topliss-reactive ketones (excluding diaryl/α,β-unsaturated/α-hetero) is 1. The first-order valence-electron chi connectivity index (χ1n) is 4.87. The third-order valence-corrected chi connectivity index (χ3v) is 2.76. The van der Waals surface area contributed by atoms with Crippen molar-refractivity contribution < 1.29 is 15.0 Å². The fourth-order valence-corrected chi connectivity index (χ4v) is 1.96. The number of aliphatic hydroxyl groups is 2. The highest BCUT2D eigenvalue weighted by Crippen LogP contribution is 2.27. The van der Waals surface area contributed by atoms with E-state index in [-0.39, 0.29) is 24.9 Å². The first kappa shape index (κ1) is 10.1. The zero-order valence-corrected chi connectivity index (χ0v) is 8.18. The summed E-state index contributed by atoms with van der Waals surface area (Å²) in [5.41, 5.74) is 1.24. The minimum Gasteiger partial charge on any atom is -0.395 e. The van der Waals surface area contributed by atoms with E-state index in [9.17, 15) is 9.90 Å². The van der Waals surface area contributed by atoms with E-state index in [1.54, 1.807) is 18.4 Å². The van der Waals surface area contributed by atoms with Gasteiger partial charge in [0, 0.05) is 11.5 Å². The van der Waals surface area contributed by atoms with Crippen LogP contribution in [0.1, 0.15) is 0 Å². The molecule has 80 valence electrons. The highest BCUT2D eigenvalue weighted by molar-refractivity contribution is 6.03. The van der Waals surface area contributed by atoms with Crippen molar-refractivity contribution in [2.45, 2.75) is 6.04 Å². The van der Waals surface area contributed by atoms with Crippen molar-refractivity contribution in [3.63, 3.8) is 0 Å². The predicted molar refractivity (Wildman–Crippen MR) is 54.9 cm³/mol. The van der Waals surface area contributed by atoms with Crippen LogP contribution in [0.4, 0.5) is 0 Å². The van der Waals surface area contributed by atoms with Crippen LogP contribution in [-0.2, 0) is 4.79 Å². The van der Waals surface area contributed by atoms with Crippen molar-refractivity contribution in [3.8, 4) is 0 Å². The highest BCUT2D eigenvalue weighted by Gasteiger charge is 2.33. The van der Waals surface area contributed by atoms with Gasteiger partial charge in [-0.3, -0.25) is 4.79 Å². The lowest BCUT2D eigenvalue weighted by Crippen LogP contribution is -2.43. The van der Waals surface area contributed by atoms with Crippen molar-refractivity contribution in [2.75, 3.05) is 13.2 Å². The number of dihydropyridines is 1. The van der Waals surface area contributed by atoms with Gasteiger partial charge in [0.2, 0.25) is 0 Å². The molecular formula is C11H13NO3. The average molecular weight is 207 g/mol. The molecule has 1 aliphatic carbocycles. The third-order valence-electron chi connectivity index (χ3n) is 2.76. The first-order chi connectivity index (χ1) is 7.27. The molecule has 0 radical (unpaired) electrons. The summed E-state index contributed by atoms with van der Waals surface area (Å²) in [6, 6.07) is -0.417. The van der Waals surface area contributed by atoms with Gasteiger partial charge >= 0.3 is 0 Å². The van der Waals surface area contributed by atoms with Crippen LogP contribution < -0.4 is 5.32 Å². The summed E-state index contributed by atoms with van der Waals surface area (Å²) in [7, 11) is 0. The molecule has 3 N–H and O–H groups in total. The molecular weight excluding hydrogens is 194 g/mol. The summed E-state index contributed by atoms with van der Waals surface area (Å²) >= 11 is 0. The summed E-state index contributed by atoms with van der Waals surface area (Å²) in [4.78, 5) is 11.8. The van der Waals surface area contributed by atoms with E-state index in [2.05, 4.69) is 5.32 Å². The smallest absolute Gasteiger partial charge is 0.187 e. The minimum absolute atomic E-state index is 0.0470. The van der Waals surface area contributed by atoms with E-state index in [0.29, 0.717) is 5.57 Å². The zero-order valence-electron chi connectivity index (χ0n) is 8.18. The molecule has 0 aromatic rings. The van der Waals surface area contributed by atoms with Gasteiger partial charge in [0.15, 0.2) is 5.78 Å². The van der Waals surface area contributed by atoms with Crippen molar-refractivity contribution in [3.05, 3.63) is 35.6 Å². The Hall–Kier alpha value is -1.39. The van der Waals surface area contributed by atoms with Crippen molar-refractivity contribution in [1.82, 2.24) is 5.32 Å². The maximum Gasteiger partial charge on any atom is 0.187 e. The monoisotopic (exact) mass is 207 g/mol. The molecule has 1 heterocycles. The van der Waals surface area contributed by atoms with Gasteiger partial charge in [-0.15, -0.1) is 0 Å². The number of rotatable bonds is 2. The van der Waals surface area contributed by atoms with Gasteiger partial charge in [0.05, 0.1) is 13.2 Å². The molecule has 0 aromatic heterocycles. The molecule has 0 saturated heterocycles. The molecule has 15 heavy (non-hydrogen) atoms. The largest absolute Gasteiger partial charge is 0.395 e. The second-order valence-corrected chi connectivity index (χ2v) is 3.63.